The fourth-order valence-electron chi connectivity index (χ4n) is 2.05. The van der Waals surface area contributed by atoms with Crippen LogP contribution in [0.5, 0.6) is 5.75 Å². The number of hydrogen-bond donors (Lipinski definition) is 0. The highest BCUT2D eigenvalue weighted by molar-refractivity contribution is 7.87. The van der Waals surface area contributed by atoms with E-state index in [0.717, 1.165) is 12.0 Å². The van der Waals surface area contributed by atoms with Crippen LogP contribution in [0.2, 0.25) is 0 Å². The maximum atomic E-state index is 12.4. The normalized spacial score (nSPS) is 12.4. The van der Waals surface area contributed by atoms with Crippen molar-refractivity contribution < 1.29 is 12.6 Å². The third-order valence-corrected chi connectivity index (χ3v) is 4.78. The fourth-order valence-corrected chi connectivity index (χ4v) is 3.00. The molecule has 0 aliphatic heterocycles. The molecule has 1 atom stereocenters. The molecule has 0 spiro atoms. The summed E-state index contributed by atoms with van der Waals surface area (Å²) >= 11 is 0. The average molecular weight is 315 g/mol. The highest BCUT2D eigenvalue weighted by Crippen LogP contribution is 2.30. The highest BCUT2D eigenvalue weighted by atomic mass is 32.2. The second-order valence-electron chi connectivity index (χ2n) is 5.02. The molecule has 5 heteroatoms. The first-order chi connectivity index (χ1) is 10.5. The van der Waals surface area contributed by atoms with Crippen LogP contribution < -0.4 is 4.18 Å². The summed E-state index contributed by atoms with van der Waals surface area (Å²) in [6.07, 6.45) is 0.886. The SMILES string of the molecule is CCC(C)c1ccccc1OS(=O)(=O)c1ccc(C#N)cc1. The Bertz CT molecular complexity index is 789. The van der Waals surface area contributed by atoms with Crippen molar-refractivity contribution in [2.24, 2.45) is 0 Å². The molecule has 0 bridgehead atoms. The van der Waals surface area contributed by atoms with Crippen LogP contribution in [0.25, 0.3) is 0 Å². The molecule has 2 aromatic carbocycles. The van der Waals surface area contributed by atoms with Gasteiger partial charge in [-0.3, -0.25) is 0 Å². The molecule has 114 valence electrons. The van der Waals surface area contributed by atoms with Gasteiger partial charge in [0.05, 0.1) is 11.6 Å². The number of rotatable bonds is 5. The molecular formula is C17H17NO3S. The van der Waals surface area contributed by atoms with Gasteiger partial charge >= 0.3 is 10.1 Å². The Kier molecular flexibility index (Phi) is 4.84. The summed E-state index contributed by atoms with van der Waals surface area (Å²) in [5.74, 6) is 0.550. The Morgan fingerprint density at radius 2 is 1.77 bits per heavy atom. The molecule has 0 amide bonds. The maximum absolute atomic E-state index is 12.4. The van der Waals surface area contributed by atoms with Gasteiger partial charge in [-0.2, -0.15) is 13.7 Å². The quantitative estimate of drug-likeness (QED) is 0.786. The van der Waals surface area contributed by atoms with E-state index in [2.05, 4.69) is 0 Å². The zero-order chi connectivity index (χ0) is 16.2. The van der Waals surface area contributed by atoms with Crippen LogP contribution >= 0.6 is 0 Å². The first-order valence-electron chi connectivity index (χ1n) is 7.01. The highest BCUT2D eigenvalue weighted by Gasteiger charge is 2.19. The molecule has 0 saturated carbocycles. The van der Waals surface area contributed by atoms with E-state index in [1.165, 1.54) is 24.3 Å². The third-order valence-electron chi connectivity index (χ3n) is 3.53. The standard InChI is InChI=1S/C17H17NO3S/c1-3-13(2)16-6-4-5-7-17(16)21-22(19,20)15-10-8-14(12-18)9-11-15/h4-11,13H,3H2,1-2H3. The Morgan fingerprint density at radius 1 is 1.14 bits per heavy atom. The van der Waals surface area contributed by atoms with Crippen molar-refractivity contribution in [1.82, 2.24) is 0 Å². The number of hydrogen-bond acceptors (Lipinski definition) is 4. The molecule has 2 rings (SSSR count). The zero-order valence-electron chi connectivity index (χ0n) is 12.5. The molecule has 2 aromatic rings. The number of benzene rings is 2. The van der Waals surface area contributed by atoms with Crippen LogP contribution in [-0.4, -0.2) is 8.42 Å². The molecule has 0 aliphatic rings. The summed E-state index contributed by atoms with van der Waals surface area (Å²) in [6.45, 7) is 4.06. The van der Waals surface area contributed by atoms with Gasteiger partial charge in [-0.1, -0.05) is 32.0 Å². The minimum Gasteiger partial charge on any atom is -0.379 e. The Morgan fingerprint density at radius 3 is 2.36 bits per heavy atom. The van der Waals surface area contributed by atoms with Crippen LogP contribution in [0.15, 0.2) is 53.4 Å². The van der Waals surface area contributed by atoms with E-state index in [-0.39, 0.29) is 10.8 Å². The van der Waals surface area contributed by atoms with Crippen molar-refractivity contribution in [3.05, 3.63) is 59.7 Å². The number of para-hydroxylation sites is 1. The third kappa shape index (κ3) is 3.46. The van der Waals surface area contributed by atoms with Gasteiger partial charge in [0.2, 0.25) is 0 Å². The fraction of sp³-hybridized carbons (Fsp3) is 0.235. The Labute approximate surface area is 131 Å². The number of nitriles is 1. The zero-order valence-corrected chi connectivity index (χ0v) is 13.3. The summed E-state index contributed by atoms with van der Waals surface area (Å²) in [7, 11) is -3.91. The van der Waals surface area contributed by atoms with Gasteiger partial charge in [0, 0.05) is 0 Å². The van der Waals surface area contributed by atoms with Crippen molar-refractivity contribution in [2.75, 3.05) is 0 Å². The van der Waals surface area contributed by atoms with E-state index in [9.17, 15) is 8.42 Å². The van der Waals surface area contributed by atoms with Gasteiger partial charge < -0.3 is 4.18 Å². The minimum atomic E-state index is -3.91. The van der Waals surface area contributed by atoms with Gasteiger partial charge in [-0.15, -0.1) is 0 Å². The summed E-state index contributed by atoms with van der Waals surface area (Å²) in [5, 5.41) is 8.76. The van der Waals surface area contributed by atoms with Gasteiger partial charge in [0.25, 0.3) is 0 Å². The predicted molar refractivity (Wildman–Crippen MR) is 84.1 cm³/mol. The van der Waals surface area contributed by atoms with Crippen molar-refractivity contribution in [1.29, 1.82) is 5.26 Å². The molecule has 0 saturated heterocycles. The average Bonchev–Trinajstić information content (AvgIpc) is 2.54. The van der Waals surface area contributed by atoms with Crippen LogP contribution in [0.3, 0.4) is 0 Å². The Hall–Kier alpha value is -2.32. The largest absolute Gasteiger partial charge is 0.379 e. The van der Waals surface area contributed by atoms with Gasteiger partial charge in [-0.25, -0.2) is 0 Å². The van der Waals surface area contributed by atoms with E-state index >= 15 is 0 Å². The molecule has 0 heterocycles. The van der Waals surface area contributed by atoms with Crippen molar-refractivity contribution in [2.45, 2.75) is 31.1 Å². The van der Waals surface area contributed by atoms with E-state index in [1.54, 1.807) is 12.1 Å². The molecule has 22 heavy (non-hydrogen) atoms. The molecule has 0 aromatic heterocycles. The Balaban J connectivity index is 2.35. The monoisotopic (exact) mass is 315 g/mol. The van der Waals surface area contributed by atoms with Crippen molar-refractivity contribution >= 4 is 10.1 Å². The van der Waals surface area contributed by atoms with Gasteiger partial charge in [0.1, 0.15) is 10.6 Å². The van der Waals surface area contributed by atoms with Gasteiger partial charge in [-0.05, 0) is 48.2 Å². The lowest BCUT2D eigenvalue weighted by Crippen LogP contribution is -2.11. The lowest BCUT2D eigenvalue weighted by molar-refractivity contribution is 0.479. The molecular weight excluding hydrogens is 298 g/mol. The smallest absolute Gasteiger partial charge is 0.339 e. The second-order valence-corrected chi connectivity index (χ2v) is 6.57. The molecule has 1 unspecified atom stereocenters. The summed E-state index contributed by atoms with van der Waals surface area (Å²) in [5.41, 5.74) is 1.26. The van der Waals surface area contributed by atoms with Crippen molar-refractivity contribution in [3.8, 4) is 11.8 Å². The van der Waals surface area contributed by atoms with Crippen LogP contribution in [0, 0.1) is 11.3 Å². The molecule has 0 N–H and O–H groups in total. The number of nitrogens with zero attached hydrogens (tertiary/aromatic N) is 1. The lowest BCUT2D eigenvalue weighted by atomic mass is 9.98. The lowest BCUT2D eigenvalue weighted by Gasteiger charge is -2.15. The second kappa shape index (κ2) is 6.63. The molecule has 0 fully saturated rings. The molecule has 0 radical (unpaired) electrons. The van der Waals surface area contributed by atoms with E-state index < -0.39 is 10.1 Å². The van der Waals surface area contributed by atoms with Crippen LogP contribution in [0.4, 0.5) is 0 Å². The molecule has 4 nitrogen and oxygen atoms in total. The minimum absolute atomic E-state index is 0.0328. The first-order valence-corrected chi connectivity index (χ1v) is 8.42. The van der Waals surface area contributed by atoms with Crippen molar-refractivity contribution in [3.63, 3.8) is 0 Å². The van der Waals surface area contributed by atoms with Crippen LogP contribution in [-0.2, 0) is 10.1 Å². The summed E-state index contributed by atoms with van der Waals surface area (Å²) in [4.78, 5) is 0.0328. The first kappa shape index (κ1) is 16.1. The summed E-state index contributed by atoms with van der Waals surface area (Å²) < 4.78 is 30.0. The predicted octanol–water partition coefficient (Wildman–Crippen LogP) is 3.84. The molecule has 0 aliphatic carbocycles. The summed E-state index contributed by atoms with van der Waals surface area (Å²) in [6, 6.07) is 14.7. The maximum Gasteiger partial charge on any atom is 0.339 e. The topological polar surface area (TPSA) is 67.2 Å². The van der Waals surface area contributed by atoms with Crippen LogP contribution in [0.1, 0.15) is 37.3 Å². The van der Waals surface area contributed by atoms with E-state index in [1.807, 2.05) is 32.0 Å². The van der Waals surface area contributed by atoms with E-state index in [0.29, 0.717) is 11.3 Å². The van der Waals surface area contributed by atoms with E-state index in [4.69, 9.17) is 9.44 Å². The van der Waals surface area contributed by atoms with Gasteiger partial charge in [0.15, 0.2) is 0 Å².